The van der Waals surface area contributed by atoms with Gasteiger partial charge in [0.1, 0.15) is 0 Å². The van der Waals surface area contributed by atoms with E-state index in [4.69, 9.17) is 0 Å². The number of nitrogens with one attached hydrogen (secondary N) is 1. The number of fused-ring (bicyclic) bond motifs is 1. The molecule has 0 bridgehead atoms. The number of carbonyl (C=O) groups excluding carboxylic acids is 1. The first-order valence-electron chi connectivity index (χ1n) is 10.4. The molecule has 10 nitrogen and oxygen atoms in total. The Morgan fingerprint density at radius 2 is 1.91 bits per heavy atom. The van der Waals surface area contributed by atoms with Gasteiger partial charge in [-0.15, -0.1) is 16.4 Å². The van der Waals surface area contributed by atoms with Crippen LogP contribution in [0.4, 0.5) is 5.13 Å². The molecule has 0 aliphatic heterocycles. The summed E-state index contributed by atoms with van der Waals surface area (Å²) in [6, 6.07) is 8.42. The zero-order valence-corrected chi connectivity index (χ0v) is 19.2. The predicted molar refractivity (Wildman–Crippen MR) is 124 cm³/mol. The number of anilines is 1. The van der Waals surface area contributed by atoms with E-state index in [1.807, 2.05) is 20.0 Å². The van der Waals surface area contributed by atoms with Crippen molar-refractivity contribution in [3.05, 3.63) is 75.8 Å². The number of nitrogens with zero attached hydrogens (tertiary/aromatic N) is 8. The Hall–Kier alpha value is -3.99. The molecule has 1 N–H and O–H groups in total. The largest absolute Gasteiger partial charge is 0.302 e. The number of aryl methyl sites for hydroxylation is 2. The molecule has 166 valence electrons. The molecule has 0 saturated carbocycles. The Bertz CT molecular complexity index is 1450. The van der Waals surface area contributed by atoms with Crippen LogP contribution in [0.25, 0.3) is 11.5 Å². The SMILES string of the molecule is Cc1ccc(Cc2cnc(NC(=O)Cc3c(C)nn(-c4cncc5nnnn45)c3C)s2)cc1. The first-order valence-corrected chi connectivity index (χ1v) is 11.2. The van der Waals surface area contributed by atoms with Crippen molar-refractivity contribution in [3.8, 4) is 5.82 Å². The van der Waals surface area contributed by atoms with Crippen LogP contribution in [0.15, 0.2) is 42.9 Å². The van der Waals surface area contributed by atoms with Gasteiger partial charge >= 0.3 is 0 Å². The van der Waals surface area contributed by atoms with Crippen LogP contribution in [0, 0.1) is 20.8 Å². The number of rotatable bonds is 6. The molecule has 0 atom stereocenters. The minimum atomic E-state index is -0.143. The number of thiazole rings is 1. The Balaban J connectivity index is 1.30. The Morgan fingerprint density at radius 1 is 1.09 bits per heavy atom. The molecule has 33 heavy (non-hydrogen) atoms. The molecule has 5 rings (SSSR count). The minimum Gasteiger partial charge on any atom is -0.302 e. The lowest BCUT2D eigenvalue weighted by Crippen LogP contribution is -2.15. The van der Waals surface area contributed by atoms with Crippen LogP contribution in [0.1, 0.15) is 33.0 Å². The van der Waals surface area contributed by atoms with Crippen molar-refractivity contribution in [3.63, 3.8) is 0 Å². The van der Waals surface area contributed by atoms with E-state index in [1.165, 1.54) is 22.5 Å². The Kier molecular flexibility index (Phi) is 5.38. The summed E-state index contributed by atoms with van der Waals surface area (Å²) in [5.74, 6) is 0.459. The van der Waals surface area contributed by atoms with E-state index in [0.717, 1.165) is 28.2 Å². The molecule has 0 fully saturated rings. The maximum Gasteiger partial charge on any atom is 0.230 e. The number of tetrazole rings is 1. The predicted octanol–water partition coefficient (Wildman–Crippen LogP) is 2.86. The van der Waals surface area contributed by atoms with Crippen LogP contribution in [-0.4, -0.2) is 45.7 Å². The minimum absolute atomic E-state index is 0.143. The highest BCUT2D eigenvalue weighted by Gasteiger charge is 2.19. The lowest BCUT2D eigenvalue weighted by molar-refractivity contribution is -0.115. The quantitative estimate of drug-likeness (QED) is 0.415. The Labute approximate surface area is 193 Å². The van der Waals surface area contributed by atoms with E-state index in [-0.39, 0.29) is 12.3 Å². The summed E-state index contributed by atoms with van der Waals surface area (Å²) in [5.41, 5.74) is 5.39. The fourth-order valence-electron chi connectivity index (χ4n) is 3.64. The van der Waals surface area contributed by atoms with Gasteiger partial charge in [-0.2, -0.15) is 9.61 Å². The highest BCUT2D eigenvalue weighted by molar-refractivity contribution is 7.15. The fourth-order valence-corrected chi connectivity index (χ4v) is 4.50. The zero-order chi connectivity index (χ0) is 22.9. The second kappa shape index (κ2) is 8.51. The van der Waals surface area contributed by atoms with Crippen LogP contribution >= 0.6 is 11.3 Å². The molecular weight excluding hydrogens is 438 g/mol. The van der Waals surface area contributed by atoms with Crippen molar-refractivity contribution < 1.29 is 4.79 Å². The number of aromatic nitrogens is 8. The topological polar surface area (TPSA) is 116 Å². The zero-order valence-electron chi connectivity index (χ0n) is 18.3. The van der Waals surface area contributed by atoms with Crippen molar-refractivity contribution in [1.82, 2.24) is 39.8 Å². The summed E-state index contributed by atoms with van der Waals surface area (Å²) >= 11 is 1.49. The lowest BCUT2D eigenvalue weighted by atomic mass is 10.1. The lowest BCUT2D eigenvalue weighted by Gasteiger charge is -2.06. The summed E-state index contributed by atoms with van der Waals surface area (Å²) in [6.07, 6.45) is 6.00. The standard InChI is InChI=1S/C22H21N9OS/c1-13-4-6-16(7-5-13)8-17-10-24-22(33-17)25-20(32)9-18-14(2)27-30(15(18)3)21-12-23-11-19-26-28-29-31(19)21/h4-7,10-12H,8-9H2,1-3H3,(H,24,25,32). The third-order valence-electron chi connectivity index (χ3n) is 5.39. The molecule has 0 radical (unpaired) electrons. The van der Waals surface area contributed by atoms with Crippen LogP contribution in [0.2, 0.25) is 0 Å². The van der Waals surface area contributed by atoms with Gasteiger partial charge < -0.3 is 5.32 Å². The van der Waals surface area contributed by atoms with E-state index >= 15 is 0 Å². The van der Waals surface area contributed by atoms with E-state index in [1.54, 1.807) is 21.6 Å². The molecule has 1 amide bonds. The van der Waals surface area contributed by atoms with Crippen molar-refractivity contribution in [2.24, 2.45) is 0 Å². The number of amides is 1. The number of hydrogen-bond acceptors (Lipinski definition) is 8. The molecule has 0 aliphatic rings. The molecule has 0 unspecified atom stereocenters. The average molecular weight is 460 g/mol. The summed E-state index contributed by atoms with van der Waals surface area (Å²) < 4.78 is 3.26. The van der Waals surface area contributed by atoms with Crippen molar-refractivity contribution in [1.29, 1.82) is 0 Å². The third kappa shape index (κ3) is 4.22. The normalized spacial score (nSPS) is 11.2. The molecule has 4 aromatic heterocycles. The second-order valence-electron chi connectivity index (χ2n) is 7.79. The number of carbonyl (C=O) groups is 1. The molecule has 0 aliphatic carbocycles. The van der Waals surface area contributed by atoms with E-state index < -0.39 is 0 Å². The van der Waals surface area contributed by atoms with Crippen molar-refractivity contribution in [2.75, 3.05) is 5.32 Å². The highest BCUT2D eigenvalue weighted by atomic mass is 32.1. The maximum absolute atomic E-state index is 12.8. The average Bonchev–Trinajstić information content (AvgIpc) is 3.51. The molecule has 5 aromatic rings. The van der Waals surface area contributed by atoms with Gasteiger partial charge in [-0.25, -0.2) is 9.67 Å². The van der Waals surface area contributed by atoms with E-state index in [2.05, 4.69) is 67.1 Å². The van der Waals surface area contributed by atoms with Crippen molar-refractivity contribution >= 4 is 28.0 Å². The van der Waals surface area contributed by atoms with Crippen LogP contribution < -0.4 is 5.32 Å². The summed E-state index contributed by atoms with van der Waals surface area (Å²) in [5, 5.41) is 19.7. The van der Waals surface area contributed by atoms with Gasteiger partial charge in [-0.1, -0.05) is 29.8 Å². The second-order valence-corrected chi connectivity index (χ2v) is 8.91. The smallest absolute Gasteiger partial charge is 0.230 e. The summed E-state index contributed by atoms with van der Waals surface area (Å²) in [4.78, 5) is 22.4. The van der Waals surface area contributed by atoms with E-state index in [0.29, 0.717) is 16.6 Å². The molecular formula is C22H21N9OS. The maximum atomic E-state index is 12.8. The van der Waals surface area contributed by atoms with Crippen LogP contribution in [0.3, 0.4) is 0 Å². The number of benzene rings is 1. The van der Waals surface area contributed by atoms with Gasteiger partial charge in [0.25, 0.3) is 0 Å². The third-order valence-corrected chi connectivity index (χ3v) is 6.30. The van der Waals surface area contributed by atoms with Gasteiger partial charge in [-0.3, -0.25) is 9.78 Å². The first kappa shape index (κ1) is 20.9. The monoisotopic (exact) mass is 459 g/mol. The molecule has 1 aromatic carbocycles. The first-order chi connectivity index (χ1) is 16.0. The highest BCUT2D eigenvalue weighted by Crippen LogP contribution is 2.23. The van der Waals surface area contributed by atoms with Crippen LogP contribution in [0.5, 0.6) is 0 Å². The molecule has 0 spiro atoms. The summed E-state index contributed by atoms with van der Waals surface area (Å²) in [7, 11) is 0. The molecule has 4 heterocycles. The fraction of sp³-hybridized carbons (Fsp3) is 0.227. The van der Waals surface area contributed by atoms with Gasteiger partial charge in [0.2, 0.25) is 5.91 Å². The number of hydrogen-bond donors (Lipinski definition) is 1. The van der Waals surface area contributed by atoms with Gasteiger partial charge in [-0.05, 0) is 36.8 Å². The van der Waals surface area contributed by atoms with E-state index in [9.17, 15) is 4.79 Å². The van der Waals surface area contributed by atoms with Crippen LogP contribution in [-0.2, 0) is 17.6 Å². The van der Waals surface area contributed by atoms with Gasteiger partial charge in [0.15, 0.2) is 16.6 Å². The molecule has 0 saturated heterocycles. The van der Waals surface area contributed by atoms with Gasteiger partial charge in [0, 0.05) is 28.8 Å². The summed E-state index contributed by atoms with van der Waals surface area (Å²) in [6.45, 7) is 5.86. The Morgan fingerprint density at radius 3 is 2.73 bits per heavy atom. The van der Waals surface area contributed by atoms with Gasteiger partial charge in [0.05, 0.1) is 24.5 Å². The molecule has 11 heteroatoms. The van der Waals surface area contributed by atoms with Crippen molar-refractivity contribution in [2.45, 2.75) is 33.6 Å².